The molecule has 0 amide bonds. The van der Waals surface area contributed by atoms with Gasteiger partial charge in [0.2, 0.25) is 0 Å². The third-order valence-electron chi connectivity index (χ3n) is 3.25. The van der Waals surface area contributed by atoms with E-state index in [1.165, 1.54) is 0 Å². The number of azo groups is 1. The molecular formula is C17H13ClN2O. The molecule has 3 aromatic rings. The fraction of sp³-hybridized carbons (Fsp3) is 0.0588. The van der Waals surface area contributed by atoms with E-state index in [1.54, 1.807) is 12.1 Å². The lowest BCUT2D eigenvalue weighted by Gasteiger charge is -2.05. The van der Waals surface area contributed by atoms with Crippen LogP contribution in [0.1, 0.15) is 5.56 Å². The molecular weight excluding hydrogens is 284 g/mol. The Morgan fingerprint density at radius 2 is 1.57 bits per heavy atom. The van der Waals surface area contributed by atoms with E-state index in [9.17, 15) is 5.11 Å². The Bertz CT molecular complexity index is 826. The smallest absolute Gasteiger partial charge is 0.151 e. The molecule has 0 saturated carbocycles. The van der Waals surface area contributed by atoms with E-state index in [-0.39, 0.29) is 5.75 Å². The van der Waals surface area contributed by atoms with Gasteiger partial charge in [-0.2, -0.15) is 5.11 Å². The van der Waals surface area contributed by atoms with Crippen LogP contribution in [0.2, 0.25) is 5.02 Å². The number of halogens is 1. The first-order chi connectivity index (χ1) is 10.1. The van der Waals surface area contributed by atoms with Gasteiger partial charge in [0.25, 0.3) is 0 Å². The number of phenols is 1. The van der Waals surface area contributed by atoms with Crippen molar-refractivity contribution in [3.63, 3.8) is 0 Å². The van der Waals surface area contributed by atoms with E-state index in [1.807, 2.05) is 49.4 Å². The molecule has 3 nitrogen and oxygen atoms in total. The second-order valence-corrected chi connectivity index (χ2v) is 5.21. The molecule has 104 valence electrons. The summed E-state index contributed by atoms with van der Waals surface area (Å²) in [6.07, 6.45) is 0. The van der Waals surface area contributed by atoms with Crippen molar-refractivity contribution in [2.45, 2.75) is 6.92 Å². The highest BCUT2D eigenvalue weighted by Gasteiger charge is 2.09. The maximum Gasteiger partial charge on any atom is 0.151 e. The van der Waals surface area contributed by atoms with Gasteiger partial charge in [-0.3, -0.25) is 0 Å². The summed E-state index contributed by atoms with van der Waals surface area (Å²) in [5, 5.41) is 20.5. The minimum Gasteiger partial charge on any atom is -0.505 e. The average Bonchev–Trinajstić information content (AvgIpc) is 2.51. The largest absolute Gasteiger partial charge is 0.505 e. The number of benzene rings is 3. The maximum atomic E-state index is 10.3. The highest BCUT2D eigenvalue weighted by molar-refractivity contribution is 6.36. The molecule has 0 unspecified atom stereocenters. The molecule has 0 bridgehead atoms. The summed E-state index contributed by atoms with van der Waals surface area (Å²) in [6.45, 7) is 2.01. The number of aryl methyl sites for hydroxylation is 1. The number of hydrogen-bond acceptors (Lipinski definition) is 3. The summed E-state index contributed by atoms with van der Waals surface area (Å²) in [5.41, 5.74) is 2.24. The highest BCUT2D eigenvalue weighted by atomic mass is 35.5. The molecule has 0 saturated heterocycles. The zero-order chi connectivity index (χ0) is 14.8. The van der Waals surface area contributed by atoms with Crippen molar-refractivity contribution >= 4 is 33.7 Å². The quantitative estimate of drug-likeness (QED) is 0.586. The second-order valence-electron chi connectivity index (χ2n) is 4.81. The molecule has 3 rings (SSSR count). The summed E-state index contributed by atoms with van der Waals surface area (Å²) >= 11 is 6.22. The first-order valence-corrected chi connectivity index (χ1v) is 6.91. The number of phenolic OH excluding ortho intramolecular Hbond substituents is 1. The van der Waals surface area contributed by atoms with Crippen molar-refractivity contribution in [3.05, 3.63) is 65.2 Å². The third kappa shape index (κ3) is 2.73. The van der Waals surface area contributed by atoms with Crippen molar-refractivity contribution in [2.24, 2.45) is 10.2 Å². The van der Waals surface area contributed by atoms with Crippen LogP contribution in [0.5, 0.6) is 5.75 Å². The lowest BCUT2D eigenvalue weighted by atomic mass is 10.1. The van der Waals surface area contributed by atoms with Crippen LogP contribution >= 0.6 is 11.6 Å². The van der Waals surface area contributed by atoms with Gasteiger partial charge < -0.3 is 5.11 Å². The molecule has 21 heavy (non-hydrogen) atoms. The predicted octanol–water partition coefficient (Wildman–Crippen LogP) is 5.92. The van der Waals surface area contributed by atoms with Gasteiger partial charge in [0.05, 0.1) is 10.7 Å². The van der Waals surface area contributed by atoms with Gasteiger partial charge in [-0.1, -0.05) is 53.6 Å². The van der Waals surface area contributed by atoms with Gasteiger partial charge in [0, 0.05) is 10.8 Å². The van der Waals surface area contributed by atoms with Gasteiger partial charge in [-0.05, 0) is 25.1 Å². The molecule has 3 aromatic carbocycles. The van der Waals surface area contributed by atoms with E-state index in [2.05, 4.69) is 10.2 Å². The van der Waals surface area contributed by atoms with Crippen LogP contribution in [0.15, 0.2) is 64.8 Å². The molecule has 0 atom stereocenters. The molecule has 0 heterocycles. The normalized spacial score (nSPS) is 11.3. The van der Waals surface area contributed by atoms with E-state index in [4.69, 9.17) is 11.6 Å². The fourth-order valence-electron chi connectivity index (χ4n) is 2.10. The van der Waals surface area contributed by atoms with E-state index < -0.39 is 0 Å². The van der Waals surface area contributed by atoms with Crippen molar-refractivity contribution < 1.29 is 5.11 Å². The zero-order valence-electron chi connectivity index (χ0n) is 11.4. The van der Waals surface area contributed by atoms with E-state index in [0.717, 1.165) is 16.6 Å². The molecule has 0 spiro atoms. The molecule has 0 aliphatic heterocycles. The van der Waals surface area contributed by atoms with Gasteiger partial charge in [-0.15, -0.1) is 5.11 Å². The summed E-state index contributed by atoms with van der Waals surface area (Å²) in [7, 11) is 0. The zero-order valence-corrected chi connectivity index (χ0v) is 12.2. The monoisotopic (exact) mass is 296 g/mol. The van der Waals surface area contributed by atoms with Crippen LogP contribution in [0, 0.1) is 6.92 Å². The van der Waals surface area contributed by atoms with Gasteiger partial charge >= 0.3 is 0 Å². The Morgan fingerprint density at radius 3 is 2.29 bits per heavy atom. The summed E-state index contributed by atoms with van der Waals surface area (Å²) in [4.78, 5) is 0. The van der Waals surface area contributed by atoms with Crippen LogP contribution in [0.3, 0.4) is 0 Å². The predicted molar refractivity (Wildman–Crippen MR) is 86.0 cm³/mol. The second kappa shape index (κ2) is 5.54. The third-order valence-corrected chi connectivity index (χ3v) is 3.57. The topological polar surface area (TPSA) is 45.0 Å². The Kier molecular flexibility index (Phi) is 3.59. The summed E-state index contributed by atoms with van der Waals surface area (Å²) < 4.78 is 0. The van der Waals surface area contributed by atoms with E-state index in [0.29, 0.717) is 16.1 Å². The van der Waals surface area contributed by atoms with Gasteiger partial charge in [0.15, 0.2) is 5.75 Å². The van der Waals surface area contributed by atoms with Crippen LogP contribution < -0.4 is 0 Å². The number of rotatable bonds is 2. The fourth-order valence-corrected chi connectivity index (χ4v) is 2.37. The SMILES string of the molecule is Cc1ccc(N=Nc2cc(Cl)c3ccccc3c2O)cc1. The van der Waals surface area contributed by atoms with Gasteiger partial charge in [0.1, 0.15) is 5.69 Å². The number of aromatic hydroxyl groups is 1. The first-order valence-electron chi connectivity index (χ1n) is 6.54. The summed E-state index contributed by atoms with van der Waals surface area (Å²) in [6, 6.07) is 16.7. The number of fused-ring (bicyclic) bond motifs is 1. The molecule has 0 aliphatic carbocycles. The minimum absolute atomic E-state index is 0.0888. The standard InChI is InChI=1S/C17H13ClN2O/c1-11-6-8-12(9-7-11)19-20-16-10-15(18)13-4-2-3-5-14(13)17(16)21/h2-10,21H,1H3. The van der Waals surface area contributed by atoms with Crippen LogP contribution in [0.25, 0.3) is 10.8 Å². The molecule has 4 heteroatoms. The lowest BCUT2D eigenvalue weighted by Crippen LogP contribution is -1.77. The Hall–Kier alpha value is -2.39. The van der Waals surface area contributed by atoms with Gasteiger partial charge in [-0.25, -0.2) is 0 Å². The number of hydrogen-bond donors (Lipinski definition) is 1. The molecule has 0 aromatic heterocycles. The lowest BCUT2D eigenvalue weighted by molar-refractivity contribution is 0.482. The molecule has 1 N–H and O–H groups in total. The van der Waals surface area contributed by atoms with E-state index >= 15 is 0 Å². The van der Waals surface area contributed by atoms with Crippen molar-refractivity contribution in [1.82, 2.24) is 0 Å². The molecule has 0 radical (unpaired) electrons. The van der Waals surface area contributed by atoms with Crippen LogP contribution in [-0.2, 0) is 0 Å². The Morgan fingerprint density at radius 1 is 0.905 bits per heavy atom. The van der Waals surface area contributed by atoms with Crippen LogP contribution in [-0.4, -0.2) is 5.11 Å². The molecule has 0 aliphatic rings. The maximum absolute atomic E-state index is 10.3. The first kappa shape index (κ1) is 13.6. The number of nitrogens with zero attached hydrogens (tertiary/aromatic N) is 2. The molecule has 0 fully saturated rings. The average molecular weight is 297 g/mol. The Balaban J connectivity index is 2.04. The van der Waals surface area contributed by atoms with Crippen molar-refractivity contribution in [3.8, 4) is 5.75 Å². The van der Waals surface area contributed by atoms with Crippen LogP contribution in [0.4, 0.5) is 11.4 Å². The van der Waals surface area contributed by atoms with Crippen molar-refractivity contribution in [2.75, 3.05) is 0 Å². The minimum atomic E-state index is 0.0888. The summed E-state index contributed by atoms with van der Waals surface area (Å²) in [5.74, 6) is 0.0888. The highest BCUT2D eigenvalue weighted by Crippen LogP contribution is 2.39. The van der Waals surface area contributed by atoms with Crippen molar-refractivity contribution in [1.29, 1.82) is 0 Å². The Labute approximate surface area is 127 Å².